The van der Waals surface area contributed by atoms with Gasteiger partial charge in [0, 0.05) is 12.8 Å². The van der Waals surface area contributed by atoms with Gasteiger partial charge in [0.2, 0.25) is 0 Å². The summed E-state index contributed by atoms with van der Waals surface area (Å²) in [6.07, 6.45) is 1.01. The first-order chi connectivity index (χ1) is 7.59. The van der Waals surface area contributed by atoms with Gasteiger partial charge >= 0.3 is 0 Å². The van der Waals surface area contributed by atoms with E-state index in [9.17, 15) is 0 Å². The van der Waals surface area contributed by atoms with Crippen molar-refractivity contribution in [3.05, 3.63) is 35.4 Å². The Hall–Kier alpha value is -1.35. The first-order valence-electron chi connectivity index (χ1n) is 5.16. The molecule has 0 aliphatic heterocycles. The molecule has 0 aromatic heterocycles. The molecule has 1 aromatic carbocycles. The third-order valence-corrected chi connectivity index (χ3v) is 2.50. The zero-order valence-electron chi connectivity index (χ0n) is 9.33. The summed E-state index contributed by atoms with van der Waals surface area (Å²) in [5.74, 6) is 0.550. The van der Waals surface area contributed by atoms with E-state index in [-0.39, 0.29) is 5.17 Å². The van der Waals surface area contributed by atoms with Gasteiger partial charge in [0.1, 0.15) is 0 Å². The number of hydrogen-bond donors (Lipinski definition) is 2. The smallest absolute Gasteiger partial charge is 0.0973 e. The third-order valence-electron chi connectivity index (χ3n) is 2.31. The number of aliphatic imine (C=N–C) groups is 1. The van der Waals surface area contributed by atoms with Crippen molar-refractivity contribution in [1.82, 2.24) is 0 Å². The Morgan fingerprint density at radius 1 is 1.38 bits per heavy atom. The maximum absolute atomic E-state index is 7.07. The van der Waals surface area contributed by atoms with Gasteiger partial charge in [0.25, 0.3) is 0 Å². The van der Waals surface area contributed by atoms with E-state index in [2.05, 4.69) is 18.0 Å². The molecule has 0 saturated carbocycles. The molecule has 0 bridgehead atoms. The molecule has 0 amide bonds. The Bertz CT molecular complexity index is 399. The number of benzene rings is 1. The molecule has 3 nitrogen and oxygen atoms in total. The summed E-state index contributed by atoms with van der Waals surface area (Å²) in [6, 6.07) is 8.08. The van der Waals surface area contributed by atoms with Crippen molar-refractivity contribution in [2.45, 2.75) is 26.3 Å². The molecule has 0 fully saturated rings. The lowest BCUT2D eigenvalue weighted by Crippen LogP contribution is -2.12. The Kier molecular flexibility index (Phi) is 4.99. The molecule has 0 unspecified atom stereocenters. The molecule has 0 aliphatic carbocycles. The molecule has 4 heteroatoms. The lowest BCUT2D eigenvalue weighted by molar-refractivity contribution is 1.01. The molecule has 16 heavy (non-hydrogen) atoms. The second-order valence-corrected chi connectivity index (χ2v) is 4.10. The summed E-state index contributed by atoms with van der Waals surface area (Å²) >= 11 is 5.44. The minimum atomic E-state index is 0.119. The highest BCUT2D eigenvalue weighted by molar-refractivity contribution is 6.64. The Morgan fingerprint density at radius 3 is 2.69 bits per heavy atom. The minimum Gasteiger partial charge on any atom is -0.387 e. The fourth-order valence-electron chi connectivity index (χ4n) is 1.29. The SMILES string of the molecule is Cc1ccccc1CN=C(N)CCC(=N)Cl. The van der Waals surface area contributed by atoms with Gasteiger partial charge in [-0.05, 0) is 18.1 Å². The van der Waals surface area contributed by atoms with Crippen molar-refractivity contribution in [2.75, 3.05) is 0 Å². The van der Waals surface area contributed by atoms with Crippen LogP contribution in [-0.4, -0.2) is 11.0 Å². The summed E-state index contributed by atoms with van der Waals surface area (Å²) in [6.45, 7) is 2.64. The maximum Gasteiger partial charge on any atom is 0.0973 e. The fraction of sp³-hybridized carbons (Fsp3) is 0.333. The summed E-state index contributed by atoms with van der Waals surface area (Å²) in [5, 5.41) is 7.19. The van der Waals surface area contributed by atoms with Crippen LogP contribution in [0.15, 0.2) is 29.3 Å². The van der Waals surface area contributed by atoms with Crippen LogP contribution in [0.3, 0.4) is 0 Å². The molecular formula is C12H16ClN3. The van der Waals surface area contributed by atoms with Crippen molar-refractivity contribution in [2.24, 2.45) is 10.7 Å². The van der Waals surface area contributed by atoms with Gasteiger partial charge in [-0.3, -0.25) is 10.4 Å². The maximum atomic E-state index is 7.07. The van der Waals surface area contributed by atoms with Gasteiger partial charge in [-0.25, -0.2) is 0 Å². The van der Waals surface area contributed by atoms with Gasteiger partial charge in [0.05, 0.1) is 17.6 Å². The molecule has 1 rings (SSSR count). The predicted molar refractivity (Wildman–Crippen MR) is 69.3 cm³/mol. The van der Waals surface area contributed by atoms with Crippen molar-refractivity contribution in [1.29, 1.82) is 5.41 Å². The number of aryl methyl sites for hydroxylation is 1. The van der Waals surface area contributed by atoms with Crippen LogP contribution in [0.5, 0.6) is 0 Å². The van der Waals surface area contributed by atoms with E-state index in [0.717, 1.165) is 0 Å². The average Bonchev–Trinajstić information content (AvgIpc) is 2.25. The highest BCUT2D eigenvalue weighted by atomic mass is 35.5. The molecule has 86 valence electrons. The summed E-state index contributed by atoms with van der Waals surface area (Å²) in [4.78, 5) is 4.27. The number of nitrogens with one attached hydrogen (secondary N) is 1. The number of nitrogens with zero attached hydrogens (tertiary/aromatic N) is 1. The number of halogens is 1. The van der Waals surface area contributed by atoms with Crippen LogP contribution in [0.2, 0.25) is 0 Å². The lowest BCUT2D eigenvalue weighted by Gasteiger charge is -2.03. The third kappa shape index (κ3) is 4.45. The van der Waals surface area contributed by atoms with Crippen molar-refractivity contribution >= 4 is 22.6 Å². The fourth-order valence-corrected chi connectivity index (χ4v) is 1.39. The van der Waals surface area contributed by atoms with Crippen LogP contribution in [0.25, 0.3) is 0 Å². The van der Waals surface area contributed by atoms with Crippen molar-refractivity contribution in [3.8, 4) is 0 Å². The summed E-state index contributed by atoms with van der Waals surface area (Å²) < 4.78 is 0. The van der Waals surface area contributed by atoms with Crippen LogP contribution >= 0.6 is 11.6 Å². The zero-order valence-corrected chi connectivity index (χ0v) is 10.1. The second-order valence-electron chi connectivity index (χ2n) is 3.64. The van der Waals surface area contributed by atoms with Crippen LogP contribution in [-0.2, 0) is 6.54 Å². The Balaban J connectivity index is 2.52. The van der Waals surface area contributed by atoms with Gasteiger partial charge in [-0.2, -0.15) is 0 Å². The highest BCUT2D eigenvalue weighted by Crippen LogP contribution is 2.08. The molecule has 0 spiro atoms. The van der Waals surface area contributed by atoms with E-state index >= 15 is 0 Å². The molecular weight excluding hydrogens is 222 g/mol. The Labute approximate surface area is 101 Å². The van der Waals surface area contributed by atoms with Crippen LogP contribution < -0.4 is 5.73 Å². The molecule has 0 atom stereocenters. The molecule has 0 saturated heterocycles. The highest BCUT2D eigenvalue weighted by Gasteiger charge is 1.98. The minimum absolute atomic E-state index is 0.119. The van der Waals surface area contributed by atoms with E-state index in [1.807, 2.05) is 18.2 Å². The molecule has 0 heterocycles. The monoisotopic (exact) mass is 237 g/mol. The normalized spacial score (nSPS) is 11.5. The van der Waals surface area contributed by atoms with Gasteiger partial charge in [0.15, 0.2) is 0 Å². The lowest BCUT2D eigenvalue weighted by atomic mass is 10.1. The van der Waals surface area contributed by atoms with Gasteiger partial charge in [-0.15, -0.1) is 0 Å². The van der Waals surface area contributed by atoms with E-state index in [4.69, 9.17) is 22.7 Å². The van der Waals surface area contributed by atoms with Crippen LogP contribution in [0.1, 0.15) is 24.0 Å². The number of hydrogen-bond acceptors (Lipinski definition) is 2. The Morgan fingerprint density at radius 2 is 2.06 bits per heavy atom. The van der Waals surface area contributed by atoms with Crippen molar-refractivity contribution < 1.29 is 0 Å². The first-order valence-corrected chi connectivity index (χ1v) is 5.53. The summed E-state index contributed by atoms with van der Waals surface area (Å²) in [5.41, 5.74) is 8.10. The van der Waals surface area contributed by atoms with Crippen molar-refractivity contribution in [3.63, 3.8) is 0 Å². The molecule has 3 N–H and O–H groups in total. The standard InChI is InChI=1S/C12H16ClN3/c1-9-4-2-3-5-10(9)8-16-12(15)7-6-11(13)14/h2-5,14H,6-8H2,1H3,(H2,15,16). The molecule has 0 aliphatic rings. The predicted octanol–water partition coefficient (Wildman–Crippen LogP) is 2.85. The van der Waals surface area contributed by atoms with Crippen LogP contribution in [0, 0.1) is 12.3 Å². The van der Waals surface area contributed by atoms with Crippen LogP contribution in [0.4, 0.5) is 0 Å². The number of nitrogens with two attached hydrogens (primary N) is 1. The van der Waals surface area contributed by atoms with E-state index in [0.29, 0.717) is 25.2 Å². The quantitative estimate of drug-likeness (QED) is 0.600. The number of rotatable bonds is 5. The first kappa shape index (κ1) is 12.7. The molecule has 1 aromatic rings. The zero-order chi connectivity index (χ0) is 12.0. The topological polar surface area (TPSA) is 62.2 Å². The second kappa shape index (κ2) is 6.28. The molecule has 0 radical (unpaired) electrons. The average molecular weight is 238 g/mol. The van der Waals surface area contributed by atoms with E-state index in [1.165, 1.54) is 11.1 Å². The van der Waals surface area contributed by atoms with E-state index in [1.54, 1.807) is 0 Å². The largest absolute Gasteiger partial charge is 0.387 e. The van der Waals surface area contributed by atoms with Gasteiger partial charge in [-0.1, -0.05) is 35.9 Å². The summed E-state index contributed by atoms with van der Waals surface area (Å²) in [7, 11) is 0. The number of amidine groups is 1. The van der Waals surface area contributed by atoms with E-state index < -0.39 is 0 Å². The van der Waals surface area contributed by atoms with Gasteiger partial charge < -0.3 is 5.73 Å².